The number of esters is 1. The minimum atomic E-state index is -0.487. The molecular formula is C11H10N4O2S. The van der Waals surface area contributed by atoms with Crippen LogP contribution in [0.15, 0.2) is 40.9 Å². The number of nitrogens with two attached hydrogens (primary N) is 1. The van der Waals surface area contributed by atoms with E-state index in [1.165, 1.54) is 31.4 Å². The number of hydrogen-bond acceptors (Lipinski definition) is 7. The molecule has 0 unspecified atom stereocenters. The molecule has 0 bridgehead atoms. The van der Waals surface area contributed by atoms with E-state index in [9.17, 15) is 4.79 Å². The predicted molar refractivity (Wildman–Crippen MR) is 66.1 cm³/mol. The van der Waals surface area contributed by atoms with Gasteiger partial charge in [-0.15, -0.1) is 0 Å². The molecule has 0 aliphatic heterocycles. The third kappa shape index (κ3) is 2.75. The van der Waals surface area contributed by atoms with E-state index < -0.39 is 5.97 Å². The van der Waals surface area contributed by atoms with Crippen LogP contribution in [-0.2, 0) is 4.74 Å². The van der Waals surface area contributed by atoms with Crippen molar-refractivity contribution in [1.82, 2.24) is 15.0 Å². The molecule has 2 heterocycles. The van der Waals surface area contributed by atoms with Gasteiger partial charge in [0.15, 0.2) is 0 Å². The standard InChI is InChI=1S/C11H10N4O2S/c1-17-11(16)7-4-10(14-5-8(7)12)18-9-2-3-13-6-15-9/h2-6H,12H2,1H3. The summed E-state index contributed by atoms with van der Waals surface area (Å²) in [5.41, 5.74) is 6.24. The van der Waals surface area contributed by atoms with E-state index in [1.807, 2.05) is 0 Å². The van der Waals surface area contributed by atoms with Crippen LogP contribution in [0.4, 0.5) is 5.69 Å². The zero-order chi connectivity index (χ0) is 13.0. The van der Waals surface area contributed by atoms with Crippen molar-refractivity contribution in [2.45, 2.75) is 10.1 Å². The van der Waals surface area contributed by atoms with Gasteiger partial charge in [-0.1, -0.05) is 0 Å². The SMILES string of the molecule is COC(=O)c1cc(Sc2ccncn2)ncc1N. The highest BCUT2D eigenvalue weighted by Crippen LogP contribution is 2.26. The Morgan fingerprint density at radius 3 is 2.89 bits per heavy atom. The van der Waals surface area contributed by atoms with Gasteiger partial charge in [0.2, 0.25) is 0 Å². The predicted octanol–water partition coefficient (Wildman–Crippen LogP) is 1.39. The first-order valence-corrected chi connectivity index (χ1v) is 5.80. The molecule has 0 spiro atoms. The van der Waals surface area contributed by atoms with E-state index in [4.69, 9.17) is 5.73 Å². The lowest BCUT2D eigenvalue weighted by atomic mass is 10.2. The second-order valence-electron chi connectivity index (χ2n) is 3.25. The Bertz CT molecular complexity index is 562. The normalized spacial score (nSPS) is 10.1. The van der Waals surface area contributed by atoms with Crippen molar-refractivity contribution in [2.24, 2.45) is 0 Å². The van der Waals surface area contributed by atoms with Crippen molar-refractivity contribution in [3.05, 3.63) is 36.4 Å². The third-order valence-corrected chi connectivity index (χ3v) is 2.96. The van der Waals surface area contributed by atoms with E-state index in [0.29, 0.717) is 10.6 Å². The molecule has 2 N–H and O–H groups in total. The van der Waals surface area contributed by atoms with Gasteiger partial charge in [0.1, 0.15) is 16.4 Å². The van der Waals surface area contributed by atoms with Gasteiger partial charge in [-0.05, 0) is 23.9 Å². The minimum absolute atomic E-state index is 0.286. The summed E-state index contributed by atoms with van der Waals surface area (Å²) in [6.45, 7) is 0. The Labute approximate surface area is 108 Å². The molecule has 0 aromatic carbocycles. The molecule has 0 radical (unpaired) electrons. The second kappa shape index (κ2) is 5.46. The van der Waals surface area contributed by atoms with Crippen LogP contribution in [0.2, 0.25) is 0 Å². The van der Waals surface area contributed by atoms with E-state index in [1.54, 1.807) is 18.3 Å². The molecule has 0 atom stereocenters. The average Bonchev–Trinajstić information content (AvgIpc) is 2.41. The Balaban J connectivity index is 2.27. The number of ether oxygens (including phenoxy) is 1. The maximum Gasteiger partial charge on any atom is 0.340 e. The van der Waals surface area contributed by atoms with Crippen LogP contribution < -0.4 is 5.73 Å². The lowest BCUT2D eigenvalue weighted by Crippen LogP contribution is -2.06. The highest BCUT2D eigenvalue weighted by molar-refractivity contribution is 7.99. The van der Waals surface area contributed by atoms with Gasteiger partial charge in [-0.2, -0.15) is 0 Å². The van der Waals surface area contributed by atoms with Gasteiger partial charge in [0, 0.05) is 6.20 Å². The van der Waals surface area contributed by atoms with E-state index in [0.717, 1.165) is 5.03 Å². The maximum absolute atomic E-state index is 11.5. The van der Waals surface area contributed by atoms with Crippen LogP contribution in [0.1, 0.15) is 10.4 Å². The summed E-state index contributed by atoms with van der Waals surface area (Å²) < 4.78 is 4.64. The van der Waals surface area contributed by atoms with Crippen LogP contribution >= 0.6 is 11.8 Å². The molecule has 92 valence electrons. The first-order chi connectivity index (χ1) is 8.70. The van der Waals surface area contributed by atoms with Crippen molar-refractivity contribution in [1.29, 1.82) is 0 Å². The number of rotatable bonds is 3. The summed E-state index contributed by atoms with van der Waals surface area (Å²) in [6, 6.07) is 3.33. The fourth-order valence-corrected chi connectivity index (χ4v) is 1.96. The number of nitrogen functional groups attached to an aromatic ring is 1. The van der Waals surface area contributed by atoms with Gasteiger partial charge >= 0.3 is 5.97 Å². The fourth-order valence-electron chi connectivity index (χ4n) is 1.24. The third-order valence-electron chi connectivity index (χ3n) is 2.08. The summed E-state index contributed by atoms with van der Waals surface area (Å²) in [6.07, 6.45) is 4.50. The molecule has 0 amide bonds. The molecule has 0 fully saturated rings. The van der Waals surface area contributed by atoms with Crippen LogP contribution in [0, 0.1) is 0 Å². The van der Waals surface area contributed by atoms with Crippen molar-refractivity contribution >= 4 is 23.4 Å². The zero-order valence-corrected chi connectivity index (χ0v) is 10.3. The number of anilines is 1. The Kier molecular flexibility index (Phi) is 3.73. The molecule has 2 rings (SSSR count). The molecule has 18 heavy (non-hydrogen) atoms. The summed E-state index contributed by atoms with van der Waals surface area (Å²) in [5.74, 6) is -0.487. The number of pyridine rings is 1. The molecular weight excluding hydrogens is 252 g/mol. The van der Waals surface area contributed by atoms with Crippen LogP contribution in [0.25, 0.3) is 0 Å². The Hall–Kier alpha value is -2.15. The van der Waals surface area contributed by atoms with Crippen molar-refractivity contribution in [3.8, 4) is 0 Å². The topological polar surface area (TPSA) is 91.0 Å². The van der Waals surface area contributed by atoms with E-state index in [-0.39, 0.29) is 5.69 Å². The highest BCUT2D eigenvalue weighted by atomic mass is 32.2. The van der Waals surface area contributed by atoms with Crippen LogP contribution in [-0.4, -0.2) is 28.0 Å². The molecule has 0 saturated heterocycles. The lowest BCUT2D eigenvalue weighted by molar-refractivity contribution is 0.0601. The van der Waals surface area contributed by atoms with Crippen LogP contribution in [0.3, 0.4) is 0 Å². The minimum Gasteiger partial charge on any atom is -0.465 e. The molecule has 7 heteroatoms. The number of nitrogens with zero attached hydrogens (tertiary/aromatic N) is 3. The fraction of sp³-hybridized carbons (Fsp3) is 0.0909. The summed E-state index contributed by atoms with van der Waals surface area (Å²) in [4.78, 5) is 23.5. The number of carbonyl (C=O) groups excluding carboxylic acids is 1. The quantitative estimate of drug-likeness (QED) is 0.660. The molecule has 0 aliphatic rings. The zero-order valence-electron chi connectivity index (χ0n) is 9.53. The first kappa shape index (κ1) is 12.3. The van der Waals surface area contributed by atoms with Gasteiger partial charge in [-0.3, -0.25) is 0 Å². The lowest BCUT2D eigenvalue weighted by Gasteiger charge is -2.05. The largest absolute Gasteiger partial charge is 0.465 e. The summed E-state index contributed by atoms with van der Waals surface area (Å²) in [5, 5.41) is 1.35. The van der Waals surface area contributed by atoms with Crippen molar-refractivity contribution < 1.29 is 9.53 Å². The number of hydrogen-bond donors (Lipinski definition) is 1. The average molecular weight is 262 g/mol. The Morgan fingerprint density at radius 2 is 2.22 bits per heavy atom. The number of aromatic nitrogens is 3. The number of methoxy groups -OCH3 is 1. The Morgan fingerprint density at radius 1 is 1.39 bits per heavy atom. The summed E-state index contributed by atoms with van der Waals surface area (Å²) >= 11 is 1.31. The highest BCUT2D eigenvalue weighted by Gasteiger charge is 2.12. The van der Waals surface area contributed by atoms with Gasteiger partial charge in [0.25, 0.3) is 0 Å². The summed E-state index contributed by atoms with van der Waals surface area (Å²) in [7, 11) is 1.30. The van der Waals surface area contributed by atoms with Gasteiger partial charge in [-0.25, -0.2) is 19.7 Å². The van der Waals surface area contributed by atoms with Crippen LogP contribution in [0.5, 0.6) is 0 Å². The van der Waals surface area contributed by atoms with Gasteiger partial charge < -0.3 is 10.5 Å². The molecule has 2 aromatic rings. The van der Waals surface area contributed by atoms with E-state index in [2.05, 4.69) is 19.7 Å². The van der Waals surface area contributed by atoms with E-state index >= 15 is 0 Å². The van der Waals surface area contributed by atoms with Gasteiger partial charge in [0.05, 0.1) is 24.6 Å². The second-order valence-corrected chi connectivity index (χ2v) is 4.29. The molecule has 6 nitrogen and oxygen atoms in total. The van der Waals surface area contributed by atoms with Crippen molar-refractivity contribution in [2.75, 3.05) is 12.8 Å². The molecule has 2 aromatic heterocycles. The maximum atomic E-state index is 11.5. The van der Waals surface area contributed by atoms with Crippen molar-refractivity contribution in [3.63, 3.8) is 0 Å². The molecule has 0 aliphatic carbocycles. The smallest absolute Gasteiger partial charge is 0.340 e. The number of carbonyl (C=O) groups is 1. The first-order valence-electron chi connectivity index (χ1n) is 4.98. The monoisotopic (exact) mass is 262 g/mol. The molecule has 0 saturated carbocycles.